The first-order valence-corrected chi connectivity index (χ1v) is 8.96. The maximum Gasteiger partial charge on any atom is 0.258 e. The number of allylic oxidation sites excluding steroid dienone is 1. The Balaban J connectivity index is 1.92. The smallest absolute Gasteiger partial charge is 0.258 e. The van der Waals surface area contributed by atoms with E-state index in [0.717, 1.165) is 11.1 Å². The van der Waals surface area contributed by atoms with Crippen LogP contribution >= 0.6 is 0 Å². The highest BCUT2D eigenvalue weighted by Crippen LogP contribution is 2.28. The number of hydrogen-bond donors (Lipinski definition) is 1. The average molecular weight is 368 g/mol. The third-order valence-corrected chi connectivity index (χ3v) is 4.21. The molecule has 0 spiro atoms. The Kier molecular flexibility index (Phi) is 7.89. The summed E-state index contributed by atoms with van der Waals surface area (Å²) in [6.07, 6.45) is 3.93. The highest BCUT2D eigenvalue weighted by atomic mass is 16.5. The second kappa shape index (κ2) is 10.4. The van der Waals surface area contributed by atoms with Crippen molar-refractivity contribution in [3.63, 3.8) is 0 Å². The first kappa shape index (κ1) is 20.5. The number of carbonyl (C=O) groups excluding carboxylic acids is 1. The molecule has 0 aromatic heterocycles. The van der Waals surface area contributed by atoms with E-state index in [9.17, 15) is 4.79 Å². The van der Waals surface area contributed by atoms with Gasteiger partial charge in [0.25, 0.3) is 5.91 Å². The van der Waals surface area contributed by atoms with Crippen molar-refractivity contribution in [2.24, 2.45) is 0 Å². The fourth-order valence-electron chi connectivity index (χ4n) is 2.78. The third-order valence-electron chi connectivity index (χ3n) is 4.21. The molecule has 2 rings (SSSR count). The van der Waals surface area contributed by atoms with Gasteiger partial charge in [-0.1, -0.05) is 48.6 Å². The number of carbonyl (C=O) groups is 1. The molecule has 2 aromatic carbocycles. The second-order valence-electron chi connectivity index (χ2n) is 6.39. The molecule has 5 nitrogen and oxygen atoms in total. The number of ether oxygens (including phenoxy) is 2. The van der Waals surface area contributed by atoms with Crippen molar-refractivity contribution in [2.45, 2.75) is 13.0 Å². The van der Waals surface area contributed by atoms with Gasteiger partial charge in [0.15, 0.2) is 18.1 Å². The van der Waals surface area contributed by atoms with Crippen LogP contribution in [0.25, 0.3) is 6.08 Å². The molecule has 0 radical (unpaired) electrons. The minimum absolute atomic E-state index is 0.0612. The third kappa shape index (κ3) is 6.15. The number of methoxy groups -OCH3 is 1. The number of hydrogen-bond acceptors (Lipinski definition) is 4. The predicted octanol–water partition coefficient (Wildman–Crippen LogP) is 3.53. The molecule has 1 atom stereocenters. The van der Waals surface area contributed by atoms with E-state index in [1.807, 2.05) is 69.6 Å². The number of benzene rings is 2. The van der Waals surface area contributed by atoms with E-state index >= 15 is 0 Å². The molecular formula is C22H28N2O3. The zero-order valence-corrected chi connectivity index (χ0v) is 16.4. The molecule has 27 heavy (non-hydrogen) atoms. The second-order valence-corrected chi connectivity index (χ2v) is 6.39. The molecule has 0 saturated heterocycles. The summed E-state index contributed by atoms with van der Waals surface area (Å²) in [7, 11) is 5.58. The summed E-state index contributed by atoms with van der Waals surface area (Å²) >= 11 is 0. The van der Waals surface area contributed by atoms with Crippen molar-refractivity contribution < 1.29 is 14.3 Å². The number of likely N-dealkylation sites (N-methyl/N-ethyl adjacent to an activating group) is 1. The van der Waals surface area contributed by atoms with Crippen LogP contribution in [0.1, 0.15) is 24.1 Å². The van der Waals surface area contributed by atoms with Crippen LogP contribution in [0.2, 0.25) is 0 Å². The van der Waals surface area contributed by atoms with Gasteiger partial charge in [0.1, 0.15) is 0 Å². The van der Waals surface area contributed by atoms with Crippen molar-refractivity contribution in [1.82, 2.24) is 10.2 Å². The zero-order chi connectivity index (χ0) is 19.6. The van der Waals surface area contributed by atoms with E-state index in [1.54, 1.807) is 7.11 Å². The lowest BCUT2D eigenvalue weighted by atomic mass is 10.1. The fourth-order valence-corrected chi connectivity index (χ4v) is 2.78. The van der Waals surface area contributed by atoms with Crippen LogP contribution < -0.4 is 14.8 Å². The first-order valence-electron chi connectivity index (χ1n) is 8.96. The van der Waals surface area contributed by atoms with Crippen molar-refractivity contribution >= 4 is 12.0 Å². The van der Waals surface area contributed by atoms with Crippen molar-refractivity contribution in [1.29, 1.82) is 0 Å². The molecule has 0 heterocycles. The van der Waals surface area contributed by atoms with Crippen molar-refractivity contribution in [3.8, 4) is 11.5 Å². The maximum absolute atomic E-state index is 12.2. The summed E-state index contributed by atoms with van der Waals surface area (Å²) in [4.78, 5) is 14.3. The van der Waals surface area contributed by atoms with Crippen LogP contribution in [0.15, 0.2) is 54.6 Å². The topological polar surface area (TPSA) is 50.8 Å². The van der Waals surface area contributed by atoms with Gasteiger partial charge in [0.05, 0.1) is 13.2 Å². The van der Waals surface area contributed by atoms with Crippen LogP contribution in [0.3, 0.4) is 0 Å². The Labute approximate surface area is 161 Å². The van der Waals surface area contributed by atoms with Crippen LogP contribution in [-0.2, 0) is 4.79 Å². The Morgan fingerprint density at radius 1 is 1.15 bits per heavy atom. The van der Waals surface area contributed by atoms with E-state index in [2.05, 4.69) is 22.3 Å². The molecule has 1 amide bonds. The van der Waals surface area contributed by atoms with E-state index < -0.39 is 0 Å². The summed E-state index contributed by atoms with van der Waals surface area (Å²) in [5.41, 5.74) is 2.17. The summed E-state index contributed by atoms with van der Waals surface area (Å²) in [6, 6.07) is 15.8. The van der Waals surface area contributed by atoms with Gasteiger partial charge in [-0.15, -0.1) is 0 Å². The Morgan fingerprint density at radius 3 is 2.52 bits per heavy atom. The van der Waals surface area contributed by atoms with Crippen molar-refractivity contribution in [2.75, 3.05) is 34.4 Å². The van der Waals surface area contributed by atoms with Crippen LogP contribution in [0.4, 0.5) is 0 Å². The Bertz CT molecular complexity index is 757. The van der Waals surface area contributed by atoms with Gasteiger partial charge in [-0.2, -0.15) is 0 Å². The molecule has 0 aliphatic carbocycles. The average Bonchev–Trinajstić information content (AvgIpc) is 2.67. The van der Waals surface area contributed by atoms with Gasteiger partial charge < -0.3 is 19.7 Å². The molecule has 0 fully saturated rings. The van der Waals surface area contributed by atoms with Gasteiger partial charge >= 0.3 is 0 Å². The first-order chi connectivity index (χ1) is 13.0. The molecule has 2 aromatic rings. The van der Waals surface area contributed by atoms with Crippen LogP contribution in [0.5, 0.6) is 11.5 Å². The standard InChI is InChI=1S/C22H28N2O3/c1-5-9-17-12-13-20(21(14-17)26-4)27-16-22(25)23-15-19(24(2)3)18-10-7-6-8-11-18/h5-14,19H,15-16H2,1-4H3,(H,23,25)/b9-5+. The van der Waals surface area contributed by atoms with Gasteiger partial charge in [0, 0.05) is 6.54 Å². The summed E-state index contributed by atoms with van der Waals surface area (Å²) in [6.45, 7) is 2.41. The summed E-state index contributed by atoms with van der Waals surface area (Å²) in [5.74, 6) is 0.986. The lowest BCUT2D eigenvalue weighted by molar-refractivity contribution is -0.123. The van der Waals surface area contributed by atoms with Gasteiger partial charge in [-0.25, -0.2) is 0 Å². The van der Waals surface area contributed by atoms with E-state index in [4.69, 9.17) is 9.47 Å². The zero-order valence-electron chi connectivity index (χ0n) is 16.4. The van der Waals surface area contributed by atoms with E-state index in [1.165, 1.54) is 0 Å². The molecule has 5 heteroatoms. The molecule has 1 N–H and O–H groups in total. The number of rotatable bonds is 9. The molecule has 0 aliphatic rings. The highest BCUT2D eigenvalue weighted by Gasteiger charge is 2.15. The minimum atomic E-state index is -0.169. The molecule has 0 saturated carbocycles. The molecule has 0 aliphatic heterocycles. The SMILES string of the molecule is C/C=C/c1ccc(OCC(=O)NCC(c2ccccc2)N(C)C)c(OC)c1. The fraction of sp³-hybridized carbons (Fsp3) is 0.318. The normalized spacial score (nSPS) is 12.2. The number of nitrogens with zero attached hydrogens (tertiary/aromatic N) is 1. The quantitative estimate of drug-likeness (QED) is 0.736. The molecule has 144 valence electrons. The van der Waals surface area contributed by atoms with E-state index in [0.29, 0.717) is 18.0 Å². The Hall–Kier alpha value is -2.79. The van der Waals surface area contributed by atoms with Crippen LogP contribution in [-0.4, -0.2) is 45.2 Å². The highest BCUT2D eigenvalue weighted by molar-refractivity contribution is 5.77. The maximum atomic E-state index is 12.2. The van der Waals surface area contributed by atoms with Crippen LogP contribution in [0, 0.1) is 0 Å². The predicted molar refractivity (Wildman–Crippen MR) is 109 cm³/mol. The van der Waals surface area contributed by atoms with Gasteiger partial charge in [-0.05, 0) is 44.3 Å². The summed E-state index contributed by atoms with van der Waals surface area (Å²) < 4.78 is 11.0. The van der Waals surface area contributed by atoms with Gasteiger partial charge in [0.2, 0.25) is 0 Å². The molecule has 0 bridgehead atoms. The van der Waals surface area contributed by atoms with Crippen molar-refractivity contribution in [3.05, 3.63) is 65.7 Å². The minimum Gasteiger partial charge on any atom is -0.493 e. The molecule has 1 unspecified atom stereocenters. The van der Waals surface area contributed by atoms with Gasteiger partial charge in [-0.3, -0.25) is 4.79 Å². The lowest BCUT2D eigenvalue weighted by Gasteiger charge is -2.25. The lowest BCUT2D eigenvalue weighted by Crippen LogP contribution is -2.36. The number of amides is 1. The monoisotopic (exact) mass is 368 g/mol. The largest absolute Gasteiger partial charge is 0.493 e. The Morgan fingerprint density at radius 2 is 1.89 bits per heavy atom. The number of nitrogens with one attached hydrogen (secondary N) is 1. The summed E-state index contributed by atoms with van der Waals surface area (Å²) in [5, 5.41) is 2.94. The van der Waals surface area contributed by atoms with E-state index in [-0.39, 0.29) is 18.6 Å². The molecular weight excluding hydrogens is 340 g/mol.